The number of benzene rings is 1. The maximum Gasteiger partial charge on any atom is 0.309 e. The largest absolute Gasteiger partial charge is 0.492 e. The minimum absolute atomic E-state index is 0.299. The Hall–Kier alpha value is -2.04. The van der Waals surface area contributed by atoms with Crippen molar-refractivity contribution in [1.29, 1.82) is 0 Å². The number of carbonyl (C=O) groups is 2. The molecule has 0 aromatic heterocycles. The molecule has 0 spiro atoms. The summed E-state index contributed by atoms with van der Waals surface area (Å²) in [7, 11) is 0. The number of para-hydroxylation sites is 1. The molecule has 0 saturated heterocycles. The Morgan fingerprint density at radius 3 is 2.28 bits per heavy atom. The molecule has 1 aromatic carbocycles. The van der Waals surface area contributed by atoms with Crippen LogP contribution in [0.3, 0.4) is 0 Å². The van der Waals surface area contributed by atoms with Crippen molar-refractivity contribution in [2.45, 2.75) is 13.3 Å². The molecule has 18 heavy (non-hydrogen) atoms. The third-order valence-electron chi connectivity index (χ3n) is 2.14. The van der Waals surface area contributed by atoms with Crippen molar-refractivity contribution in [2.24, 2.45) is 0 Å². The van der Waals surface area contributed by atoms with Gasteiger partial charge in [0.25, 0.3) is 0 Å². The van der Waals surface area contributed by atoms with Gasteiger partial charge in [0.2, 0.25) is 0 Å². The lowest BCUT2D eigenvalue weighted by Gasteiger charge is -2.07. The second-order valence-electron chi connectivity index (χ2n) is 3.67. The molecule has 0 unspecified atom stereocenters. The summed E-state index contributed by atoms with van der Waals surface area (Å²) in [5.41, 5.74) is 0. The fourth-order valence-electron chi connectivity index (χ4n) is 1.25. The predicted octanol–water partition coefficient (Wildman–Crippen LogP) is 0.708. The smallest absolute Gasteiger partial charge is 0.309 e. The number of ether oxygens (including phenoxy) is 1. The summed E-state index contributed by atoms with van der Waals surface area (Å²) in [4.78, 5) is 22.5. The van der Waals surface area contributed by atoms with Gasteiger partial charge in [-0.1, -0.05) is 25.1 Å². The van der Waals surface area contributed by atoms with Gasteiger partial charge in [0, 0.05) is 6.54 Å². The second kappa shape index (κ2) is 8.11. The lowest BCUT2D eigenvalue weighted by molar-refractivity contribution is -0.139. The molecular weight excluding hydrogens is 232 g/mol. The molecule has 5 nitrogen and oxygen atoms in total. The molecule has 5 heteroatoms. The van der Waals surface area contributed by atoms with Gasteiger partial charge in [-0.2, -0.15) is 0 Å². The van der Waals surface area contributed by atoms with Gasteiger partial charge >= 0.3 is 11.8 Å². The summed E-state index contributed by atoms with van der Waals surface area (Å²) in [6, 6.07) is 9.29. The highest BCUT2D eigenvalue weighted by molar-refractivity contribution is 6.35. The number of hydrogen-bond donors (Lipinski definition) is 2. The first-order valence-corrected chi connectivity index (χ1v) is 5.98. The van der Waals surface area contributed by atoms with Crippen molar-refractivity contribution in [3.63, 3.8) is 0 Å². The molecule has 1 rings (SSSR count). The number of hydrogen-bond acceptors (Lipinski definition) is 3. The van der Waals surface area contributed by atoms with Gasteiger partial charge in [-0.15, -0.1) is 0 Å². The van der Waals surface area contributed by atoms with E-state index in [1.54, 1.807) is 0 Å². The molecule has 0 atom stereocenters. The Kier molecular flexibility index (Phi) is 6.32. The number of rotatable bonds is 6. The van der Waals surface area contributed by atoms with E-state index in [1.807, 2.05) is 37.3 Å². The lowest BCUT2D eigenvalue weighted by atomic mass is 10.3. The molecular formula is C13H18N2O3. The molecule has 0 heterocycles. The standard InChI is InChI=1S/C13H18N2O3/c1-2-8-14-12(16)13(17)15-9-10-18-11-6-4-3-5-7-11/h3-7H,2,8-10H2,1H3,(H,14,16)(H,15,17). The van der Waals surface area contributed by atoms with Crippen LogP contribution in [0.1, 0.15) is 13.3 Å². The van der Waals surface area contributed by atoms with Crippen LogP contribution in [-0.2, 0) is 9.59 Å². The molecule has 1 aromatic rings. The molecule has 0 aliphatic rings. The highest BCUT2D eigenvalue weighted by Crippen LogP contribution is 2.07. The van der Waals surface area contributed by atoms with Crippen LogP contribution >= 0.6 is 0 Å². The zero-order valence-electron chi connectivity index (χ0n) is 10.4. The second-order valence-corrected chi connectivity index (χ2v) is 3.67. The Bertz CT molecular complexity index is 379. The van der Waals surface area contributed by atoms with Gasteiger partial charge < -0.3 is 15.4 Å². The maximum atomic E-state index is 11.3. The predicted molar refractivity (Wildman–Crippen MR) is 68.2 cm³/mol. The summed E-state index contributed by atoms with van der Waals surface area (Å²) in [5, 5.41) is 4.98. The van der Waals surface area contributed by atoms with Crippen LogP contribution in [0, 0.1) is 0 Å². The van der Waals surface area contributed by atoms with E-state index < -0.39 is 11.8 Å². The average Bonchev–Trinajstić information content (AvgIpc) is 2.41. The number of amides is 2. The zero-order chi connectivity index (χ0) is 13.2. The van der Waals surface area contributed by atoms with Gasteiger partial charge in [0.1, 0.15) is 12.4 Å². The maximum absolute atomic E-state index is 11.3. The first kappa shape index (κ1) is 14.0. The van der Waals surface area contributed by atoms with E-state index in [-0.39, 0.29) is 0 Å². The van der Waals surface area contributed by atoms with Crippen LogP contribution in [-0.4, -0.2) is 31.5 Å². The highest BCUT2D eigenvalue weighted by Gasteiger charge is 2.10. The molecule has 2 N–H and O–H groups in total. The van der Waals surface area contributed by atoms with Crippen molar-refractivity contribution < 1.29 is 14.3 Å². The van der Waals surface area contributed by atoms with Gasteiger partial charge in [-0.3, -0.25) is 9.59 Å². The Morgan fingerprint density at radius 2 is 1.67 bits per heavy atom. The Balaban J connectivity index is 2.14. The molecule has 0 aliphatic carbocycles. The summed E-state index contributed by atoms with van der Waals surface area (Å²) in [5.74, 6) is -0.487. The average molecular weight is 250 g/mol. The van der Waals surface area contributed by atoms with Crippen molar-refractivity contribution in [2.75, 3.05) is 19.7 Å². The van der Waals surface area contributed by atoms with E-state index in [0.717, 1.165) is 12.2 Å². The van der Waals surface area contributed by atoms with Gasteiger partial charge in [0.15, 0.2) is 0 Å². The molecule has 0 fully saturated rings. The van der Waals surface area contributed by atoms with Crippen molar-refractivity contribution in [1.82, 2.24) is 10.6 Å². The van der Waals surface area contributed by atoms with E-state index >= 15 is 0 Å². The van der Waals surface area contributed by atoms with Gasteiger partial charge in [-0.05, 0) is 18.6 Å². The monoisotopic (exact) mass is 250 g/mol. The normalized spacial score (nSPS) is 9.61. The quantitative estimate of drug-likeness (QED) is 0.577. The fourth-order valence-corrected chi connectivity index (χ4v) is 1.25. The number of nitrogens with one attached hydrogen (secondary N) is 2. The Morgan fingerprint density at radius 1 is 1.06 bits per heavy atom. The summed E-state index contributed by atoms with van der Waals surface area (Å²) in [6.45, 7) is 3.06. The first-order valence-electron chi connectivity index (χ1n) is 5.98. The molecule has 2 amide bonds. The SMILES string of the molecule is CCCNC(=O)C(=O)NCCOc1ccccc1. The third kappa shape index (κ3) is 5.34. The topological polar surface area (TPSA) is 67.4 Å². The fraction of sp³-hybridized carbons (Fsp3) is 0.385. The van der Waals surface area contributed by atoms with E-state index in [0.29, 0.717) is 19.7 Å². The van der Waals surface area contributed by atoms with E-state index in [1.165, 1.54) is 0 Å². The third-order valence-corrected chi connectivity index (χ3v) is 2.14. The molecule has 0 bridgehead atoms. The van der Waals surface area contributed by atoms with Crippen molar-refractivity contribution >= 4 is 11.8 Å². The molecule has 0 aliphatic heterocycles. The van der Waals surface area contributed by atoms with Gasteiger partial charge in [-0.25, -0.2) is 0 Å². The van der Waals surface area contributed by atoms with Crippen LogP contribution in [0.5, 0.6) is 5.75 Å². The van der Waals surface area contributed by atoms with Crippen molar-refractivity contribution in [3.05, 3.63) is 30.3 Å². The van der Waals surface area contributed by atoms with E-state index in [4.69, 9.17) is 4.74 Å². The van der Waals surface area contributed by atoms with Crippen LogP contribution in [0.4, 0.5) is 0 Å². The van der Waals surface area contributed by atoms with Crippen molar-refractivity contribution in [3.8, 4) is 5.75 Å². The minimum Gasteiger partial charge on any atom is -0.492 e. The summed E-state index contributed by atoms with van der Waals surface area (Å²) >= 11 is 0. The van der Waals surface area contributed by atoms with Crippen LogP contribution in [0.15, 0.2) is 30.3 Å². The zero-order valence-corrected chi connectivity index (χ0v) is 10.4. The number of carbonyl (C=O) groups excluding carboxylic acids is 2. The Labute approximate surface area is 107 Å². The van der Waals surface area contributed by atoms with Crippen LogP contribution in [0.25, 0.3) is 0 Å². The van der Waals surface area contributed by atoms with E-state index in [9.17, 15) is 9.59 Å². The minimum atomic E-state index is -0.625. The van der Waals surface area contributed by atoms with Crippen LogP contribution < -0.4 is 15.4 Å². The molecule has 0 saturated carbocycles. The highest BCUT2D eigenvalue weighted by atomic mass is 16.5. The van der Waals surface area contributed by atoms with Gasteiger partial charge in [0.05, 0.1) is 6.54 Å². The summed E-state index contributed by atoms with van der Waals surface area (Å²) in [6.07, 6.45) is 0.802. The summed E-state index contributed by atoms with van der Waals surface area (Å²) < 4.78 is 5.37. The first-order chi connectivity index (χ1) is 8.74. The molecule has 98 valence electrons. The lowest BCUT2D eigenvalue weighted by Crippen LogP contribution is -2.41. The molecule has 0 radical (unpaired) electrons. The van der Waals surface area contributed by atoms with Crippen LogP contribution in [0.2, 0.25) is 0 Å². The van der Waals surface area contributed by atoms with E-state index in [2.05, 4.69) is 10.6 Å².